The van der Waals surface area contributed by atoms with E-state index in [4.69, 9.17) is 4.74 Å². The summed E-state index contributed by atoms with van der Waals surface area (Å²) in [5, 5.41) is 3.29. The van der Waals surface area contributed by atoms with Crippen LogP contribution in [0.15, 0.2) is 29.9 Å². The highest BCUT2D eigenvalue weighted by molar-refractivity contribution is 7.09. The maximum Gasteiger partial charge on any atom is 0.0897 e. The van der Waals surface area contributed by atoms with Crippen molar-refractivity contribution in [3.8, 4) is 0 Å². The fraction of sp³-hybridized carbons (Fsp3) is 0.467. The summed E-state index contributed by atoms with van der Waals surface area (Å²) < 4.78 is 5.87. The number of rotatable bonds is 4. The molecule has 20 heavy (non-hydrogen) atoms. The summed E-state index contributed by atoms with van der Waals surface area (Å²) in [7, 11) is 0. The van der Waals surface area contributed by atoms with Gasteiger partial charge < -0.3 is 4.74 Å². The van der Waals surface area contributed by atoms with Gasteiger partial charge in [0.1, 0.15) is 0 Å². The highest BCUT2D eigenvalue weighted by atomic mass is 32.1. The standard InChI is InChI=1S/C15H19N3OS/c1-12-17-14(11-20-12)9-18-5-6-19-15(10-18)7-13-3-2-4-16-8-13/h2-4,8,11,15H,5-7,9-10H2,1H3/t15-/m1/s1. The van der Waals surface area contributed by atoms with Crippen LogP contribution in [-0.2, 0) is 17.7 Å². The van der Waals surface area contributed by atoms with Gasteiger partial charge in [0.25, 0.3) is 0 Å². The normalized spacial score (nSPS) is 20.1. The van der Waals surface area contributed by atoms with Gasteiger partial charge in [-0.2, -0.15) is 0 Å². The molecule has 0 amide bonds. The summed E-state index contributed by atoms with van der Waals surface area (Å²) in [5.41, 5.74) is 2.42. The molecular formula is C15H19N3OS. The quantitative estimate of drug-likeness (QED) is 0.865. The van der Waals surface area contributed by atoms with Crippen LogP contribution >= 0.6 is 11.3 Å². The molecule has 0 bridgehead atoms. The lowest BCUT2D eigenvalue weighted by molar-refractivity contribution is -0.0308. The first-order chi connectivity index (χ1) is 9.79. The molecule has 1 fully saturated rings. The molecule has 1 saturated heterocycles. The fourth-order valence-electron chi connectivity index (χ4n) is 2.54. The second-order valence-corrected chi connectivity index (χ2v) is 6.21. The van der Waals surface area contributed by atoms with E-state index in [0.717, 1.165) is 37.7 Å². The first-order valence-electron chi connectivity index (χ1n) is 6.93. The van der Waals surface area contributed by atoms with Crippen molar-refractivity contribution in [2.75, 3.05) is 19.7 Å². The minimum absolute atomic E-state index is 0.257. The number of aryl methyl sites for hydroxylation is 1. The second-order valence-electron chi connectivity index (χ2n) is 5.15. The number of hydrogen-bond donors (Lipinski definition) is 0. The molecule has 1 aliphatic heterocycles. The topological polar surface area (TPSA) is 38.2 Å². The van der Waals surface area contributed by atoms with Crippen LogP contribution in [0.2, 0.25) is 0 Å². The molecule has 3 heterocycles. The molecule has 0 saturated carbocycles. The van der Waals surface area contributed by atoms with E-state index in [2.05, 4.69) is 33.2 Å². The first kappa shape index (κ1) is 13.7. The van der Waals surface area contributed by atoms with Crippen LogP contribution < -0.4 is 0 Å². The number of ether oxygens (including phenoxy) is 1. The van der Waals surface area contributed by atoms with E-state index in [-0.39, 0.29) is 6.10 Å². The highest BCUT2D eigenvalue weighted by Gasteiger charge is 2.21. The molecule has 0 aliphatic carbocycles. The lowest BCUT2D eigenvalue weighted by atomic mass is 10.1. The minimum Gasteiger partial charge on any atom is -0.375 e. The minimum atomic E-state index is 0.257. The zero-order valence-electron chi connectivity index (χ0n) is 11.7. The molecule has 2 aromatic heterocycles. The zero-order valence-corrected chi connectivity index (χ0v) is 12.5. The van der Waals surface area contributed by atoms with Crippen LogP contribution in [0.3, 0.4) is 0 Å². The van der Waals surface area contributed by atoms with Crippen molar-refractivity contribution in [3.63, 3.8) is 0 Å². The van der Waals surface area contributed by atoms with E-state index in [9.17, 15) is 0 Å². The van der Waals surface area contributed by atoms with E-state index in [1.165, 1.54) is 11.3 Å². The van der Waals surface area contributed by atoms with Crippen molar-refractivity contribution in [3.05, 3.63) is 46.2 Å². The highest BCUT2D eigenvalue weighted by Crippen LogP contribution is 2.15. The predicted molar refractivity (Wildman–Crippen MR) is 79.8 cm³/mol. The van der Waals surface area contributed by atoms with Crippen molar-refractivity contribution >= 4 is 11.3 Å². The Labute approximate surface area is 123 Å². The fourth-order valence-corrected chi connectivity index (χ4v) is 3.14. The number of nitrogens with zero attached hydrogens (tertiary/aromatic N) is 3. The SMILES string of the molecule is Cc1nc(CN2CCO[C@H](Cc3cccnc3)C2)cs1. The monoisotopic (exact) mass is 289 g/mol. The third-order valence-electron chi connectivity index (χ3n) is 3.46. The number of pyridine rings is 1. The number of morpholine rings is 1. The Morgan fingerprint density at radius 2 is 2.45 bits per heavy atom. The van der Waals surface area contributed by atoms with Crippen LogP contribution in [0.5, 0.6) is 0 Å². The van der Waals surface area contributed by atoms with Gasteiger partial charge in [-0.15, -0.1) is 11.3 Å². The van der Waals surface area contributed by atoms with Crippen LogP contribution in [0.4, 0.5) is 0 Å². The van der Waals surface area contributed by atoms with Crippen LogP contribution in [0, 0.1) is 6.92 Å². The summed E-state index contributed by atoms with van der Waals surface area (Å²) in [5.74, 6) is 0. The van der Waals surface area contributed by atoms with Crippen molar-refractivity contribution in [2.45, 2.75) is 26.0 Å². The summed E-state index contributed by atoms with van der Waals surface area (Å²) in [6.45, 7) is 5.73. The number of hydrogen-bond acceptors (Lipinski definition) is 5. The molecule has 4 nitrogen and oxygen atoms in total. The van der Waals surface area contributed by atoms with Gasteiger partial charge in [-0.05, 0) is 18.6 Å². The van der Waals surface area contributed by atoms with Crippen molar-refractivity contribution in [2.24, 2.45) is 0 Å². The summed E-state index contributed by atoms with van der Waals surface area (Å²) in [6.07, 6.45) is 4.92. The molecule has 0 radical (unpaired) electrons. The molecule has 5 heteroatoms. The maximum atomic E-state index is 5.87. The summed E-state index contributed by atoms with van der Waals surface area (Å²) >= 11 is 1.72. The molecular weight excluding hydrogens is 270 g/mol. The Morgan fingerprint density at radius 3 is 3.20 bits per heavy atom. The van der Waals surface area contributed by atoms with Crippen molar-refractivity contribution in [1.82, 2.24) is 14.9 Å². The molecule has 0 N–H and O–H groups in total. The van der Waals surface area contributed by atoms with E-state index in [1.54, 1.807) is 11.3 Å². The summed E-state index contributed by atoms with van der Waals surface area (Å²) in [4.78, 5) is 11.1. The molecule has 1 atom stereocenters. The molecule has 2 aromatic rings. The third-order valence-corrected chi connectivity index (χ3v) is 4.28. The average Bonchev–Trinajstić information content (AvgIpc) is 2.86. The summed E-state index contributed by atoms with van der Waals surface area (Å²) in [6, 6.07) is 4.09. The molecule has 3 rings (SSSR count). The lowest BCUT2D eigenvalue weighted by Crippen LogP contribution is -2.42. The van der Waals surface area contributed by atoms with Gasteiger partial charge in [0.05, 0.1) is 23.4 Å². The number of thiazole rings is 1. The van der Waals surface area contributed by atoms with Gasteiger partial charge in [0.15, 0.2) is 0 Å². The van der Waals surface area contributed by atoms with Gasteiger partial charge in [-0.1, -0.05) is 6.07 Å². The predicted octanol–water partition coefficient (Wildman–Crippen LogP) is 2.29. The van der Waals surface area contributed by atoms with Gasteiger partial charge in [-0.25, -0.2) is 4.98 Å². The van der Waals surface area contributed by atoms with Crippen molar-refractivity contribution in [1.29, 1.82) is 0 Å². The largest absolute Gasteiger partial charge is 0.375 e. The maximum absolute atomic E-state index is 5.87. The molecule has 0 spiro atoms. The molecule has 1 aliphatic rings. The van der Waals surface area contributed by atoms with Crippen LogP contribution in [0.25, 0.3) is 0 Å². The van der Waals surface area contributed by atoms with Gasteiger partial charge >= 0.3 is 0 Å². The Morgan fingerprint density at radius 1 is 1.50 bits per heavy atom. The van der Waals surface area contributed by atoms with Gasteiger partial charge in [-0.3, -0.25) is 9.88 Å². The van der Waals surface area contributed by atoms with Gasteiger partial charge in [0, 0.05) is 43.8 Å². The van der Waals surface area contributed by atoms with Crippen molar-refractivity contribution < 1.29 is 4.74 Å². The Balaban J connectivity index is 1.56. The molecule has 0 unspecified atom stereocenters. The van der Waals surface area contributed by atoms with Gasteiger partial charge in [0.2, 0.25) is 0 Å². The lowest BCUT2D eigenvalue weighted by Gasteiger charge is -2.32. The molecule has 0 aromatic carbocycles. The van der Waals surface area contributed by atoms with E-state index in [0.29, 0.717) is 0 Å². The molecule has 106 valence electrons. The zero-order chi connectivity index (χ0) is 13.8. The first-order valence-corrected chi connectivity index (χ1v) is 7.81. The van der Waals surface area contributed by atoms with E-state index < -0.39 is 0 Å². The Kier molecular flexibility index (Phi) is 4.40. The second kappa shape index (κ2) is 6.43. The Hall–Kier alpha value is -1.30. The van der Waals surface area contributed by atoms with Crippen LogP contribution in [0.1, 0.15) is 16.3 Å². The number of aromatic nitrogens is 2. The van der Waals surface area contributed by atoms with Crippen LogP contribution in [-0.4, -0.2) is 40.7 Å². The van der Waals surface area contributed by atoms with E-state index >= 15 is 0 Å². The smallest absolute Gasteiger partial charge is 0.0897 e. The van der Waals surface area contributed by atoms with E-state index in [1.807, 2.05) is 18.5 Å². The Bertz CT molecular complexity index is 543. The third kappa shape index (κ3) is 3.62. The average molecular weight is 289 g/mol.